The van der Waals surface area contributed by atoms with Gasteiger partial charge in [0.25, 0.3) is 0 Å². The highest BCUT2D eigenvalue weighted by atomic mass is 15.1. The average molecular weight is 161 g/mol. The summed E-state index contributed by atoms with van der Waals surface area (Å²) in [6.07, 6.45) is 1.93. The average Bonchev–Trinajstić information content (AvgIpc) is 2.03. The lowest BCUT2D eigenvalue weighted by Gasteiger charge is -2.05. The van der Waals surface area contributed by atoms with Crippen LogP contribution in [0.5, 0.6) is 0 Å². The summed E-state index contributed by atoms with van der Waals surface area (Å²) in [6.45, 7) is 0.602. The first-order valence-electron chi connectivity index (χ1n) is 3.91. The lowest BCUT2D eigenvalue weighted by Crippen LogP contribution is -1.96. The van der Waals surface area contributed by atoms with Gasteiger partial charge in [-0.2, -0.15) is 0 Å². The Bertz CT molecular complexity index is 333. The van der Waals surface area contributed by atoms with Gasteiger partial charge in [-0.3, -0.25) is 5.10 Å². The highest BCUT2D eigenvalue weighted by molar-refractivity contribution is 5.58. The van der Waals surface area contributed by atoms with Gasteiger partial charge < -0.3 is 10.8 Å². The van der Waals surface area contributed by atoms with Crippen LogP contribution in [0.3, 0.4) is 0 Å². The van der Waals surface area contributed by atoms with Gasteiger partial charge in [0.05, 0.1) is 5.69 Å². The molecule has 0 atom stereocenters. The highest BCUT2D eigenvalue weighted by Gasteiger charge is 1.98. The molecule has 0 radical (unpaired) electrons. The Kier molecular flexibility index (Phi) is 1.72. The third-order valence-electron chi connectivity index (χ3n) is 1.92. The standard InChI is InChI=1S/C9H11N3/c10-5-7-1-3-8(4-2-7)9-6-11-12-9/h1-4,6,11-12H,5,10H2. The van der Waals surface area contributed by atoms with Crippen molar-refractivity contribution in [1.82, 2.24) is 10.2 Å². The van der Waals surface area contributed by atoms with Crippen LogP contribution in [-0.2, 0) is 6.54 Å². The molecule has 12 heavy (non-hydrogen) atoms. The van der Waals surface area contributed by atoms with Crippen LogP contribution in [-0.4, -0.2) is 10.2 Å². The van der Waals surface area contributed by atoms with Gasteiger partial charge in [-0.1, -0.05) is 24.3 Å². The monoisotopic (exact) mass is 161 g/mol. The molecule has 0 saturated carbocycles. The van der Waals surface area contributed by atoms with Crippen LogP contribution in [0.25, 0.3) is 11.3 Å². The molecule has 0 aliphatic carbocycles. The number of aromatic nitrogens is 2. The molecule has 0 bridgehead atoms. The third kappa shape index (κ3) is 1.14. The Hall–Kier alpha value is -1.48. The first-order chi connectivity index (χ1) is 5.90. The Balaban J connectivity index is 2.29. The molecule has 62 valence electrons. The molecule has 1 aromatic heterocycles. The summed E-state index contributed by atoms with van der Waals surface area (Å²) in [5, 5.41) is 5.83. The number of hydrogen-bond acceptors (Lipinski definition) is 1. The zero-order valence-corrected chi connectivity index (χ0v) is 6.67. The zero-order chi connectivity index (χ0) is 8.39. The molecule has 0 spiro atoms. The van der Waals surface area contributed by atoms with Crippen molar-refractivity contribution in [2.45, 2.75) is 6.54 Å². The zero-order valence-electron chi connectivity index (χ0n) is 6.67. The molecule has 0 fully saturated rings. The second-order valence-electron chi connectivity index (χ2n) is 2.73. The van der Waals surface area contributed by atoms with Gasteiger partial charge in [-0.25, -0.2) is 0 Å². The van der Waals surface area contributed by atoms with Crippen LogP contribution >= 0.6 is 0 Å². The molecule has 3 nitrogen and oxygen atoms in total. The lowest BCUT2D eigenvalue weighted by atomic mass is 10.1. The van der Waals surface area contributed by atoms with E-state index in [9.17, 15) is 0 Å². The van der Waals surface area contributed by atoms with E-state index in [1.807, 2.05) is 18.3 Å². The summed E-state index contributed by atoms with van der Waals surface area (Å²) >= 11 is 0. The van der Waals surface area contributed by atoms with Gasteiger partial charge in [0.2, 0.25) is 0 Å². The molecule has 1 aromatic carbocycles. The lowest BCUT2D eigenvalue weighted by molar-refractivity contribution is 0.973. The normalized spacial score (nSPS) is 10.4. The van der Waals surface area contributed by atoms with Gasteiger partial charge in [0.1, 0.15) is 0 Å². The fourth-order valence-corrected chi connectivity index (χ4v) is 1.12. The molecule has 2 rings (SSSR count). The first-order valence-corrected chi connectivity index (χ1v) is 3.91. The van der Waals surface area contributed by atoms with Gasteiger partial charge in [-0.05, 0) is 5.56 Å². The molecule has 0 aliphatic heterocycles. The maximum Gasteiger partial charge on any atom is 0.0787 e. The van der Waals surface area contributed by atoms with Crippen molar-refractivity contribution in [2.24, 2.45) is 5.73 Å². The predicted octanol–water partition coefficient (Wildman–Crippen LogP) is 1.47. The van der Waals surface area contributed by atoms with Gasteiger partial charge in [0.15, 0.2) is 0 Å². The van der Waals surface area contributed by atoms with Gasteiger partial charge >= 0.3 is 0 Å². The summed E-state index contributed by atoms with van der Waals surface area (Å²) in [5.74, 6) is 0. The van der Waals surface area contributed by atoms with Crippen molar-refractivity contribution in [2.75, 3.05) is 0 Å². The van der Waals surface area contributed by atoms with E-state index in [-0.39, 0.29) is 0 Å². The molecular weight excluding hydrogens is 150 g/mol. The van der Waals surface area contributed by atoms with Crippen molar-refractivity contribution in [3.05, 3.63) is 36.0 Å². The number of hydrogen-bond donors (Lipinski definition) is 3. The van der Waals surface area contributed by atoms with Crippen molar-refractivity contribution in [3.63, 3.8) is 0 Å². The predicted molar refractivity (Wildman–Crippen MR) is 48.5 cm³/mol. The molecule has 0 amide bonds. The fourth-order valence-electron chi connectivity index (χ4n) is 1.12. The Morgan fingerprint density at radius 2 is 1.83 bits per heavy atom. The number of aromatic amines is 2. The Morgan fingerprint density at radius 3 is 2.25 bits per heavy atom. The van der Waals surface area contributed by atoms with E-state index in [4.69, 9.17) is 5.73 Å². The minimum atomic E-state index is 0.602. The molecule has 0 unspecified atom stereocenters. The smallest absolute Gasteiger partial charge is 0.0787 e. The molecule has 2 aromatic rings. The Morgan fingerprint density at radius 1 is 1.17 bits per heavy atom. The summed E-state index contributed by atoms with van der Waals surface area (Å²) < 4.78 is 0. The Labute approximate surface area is 70.6 Å². The summed E-state index contributed by atoms with van der Waals surface area (Å²) in [6, 6.07) is 8.19. The summed E-state index contributed by atoms with van der Waals surface area (Å²) in [4.78, 5) is 0. The van der Waals surface area contributed by atoms with Crippen LogP contribution < -0.4 is 5.73 Å². The number of nitrogens with one attached hydrogen (secondary N) is 2. The number of H-pyrrole nitrogens is 2. The van der Waals surface area contributed by atoms with Crippen LogP contribution in [0.1, 0.15) is 5.56 Å². The van der Waals surface area contributed by atoms with Crippen molar-refractivity contribution < 1.29 is 0 Å². The third-order valence-corrected chi connectivity index (χ3v) is 1.92. The molecule has 3 heteroatoms. The van der Waals surface area contributed by atoms with Crippen molar-refractivity contribution in [1.29, 1.82) is 0 Å². The SMILES string of the molecule is NCc1ccc(-c2c[nH][nH]2)cc1. The largest absolute Gasteiger partial charge is 0.326 e. The fraction of sp³-hybridized carbons (Fsp3) is 0.111. The topological polar surface area (TPSA) is 57.6 Å². The summed E-state index contributed by atoms with van der Waals surface area (Å²) in [7, 11) is 0. The maximum atomic E-state index is 5.48. The van der Waals surface area contributed by atoms with Crippen molar-refractivity contribution in [3.8, 4) is 11.3 Å². The molecular formula is C9H11N3. The highest BCUT2D eigenvalue weighted by Crippen LogP contribution is 2.16. The molecule has 4 N–H and O–H groups in total. The molecule has 0 saturated heterocycles. The van der Waals surface area contributed by atoms with Gasteiger partial charge in [-0.15, -0.1) is 0 Å². The second kappa shape index (κ2) is 2.87. The maximum absolute atomic E-state index is 5.48. The minimum absolute atomic E-state index is 0.602. The van der Waals surface area contributed by atoms with E-state index < -0.39 is 0 Å². The van der Waals surface area contributed by atoms with Crippen LogP contribution in [0.15, 0.2) is 30.5 Å². The first kappa shape index (κ1) is 7.18. The number of nitrogens with two attached hydrogens (primary N) is 1. The van der Waals surface area contributed by atoms with Gasteiger partial charge in [0, 0.05) is 18.3 Å². The minimum Gasteiger partial charge on any atom is -0.326 e. The van der Waals surface area contributed by atoms with E-state index in [2.05, 4.69) is 22.3 Å². The van der Waals surface area contributed by atoms with E-state index in [1.165, 1.54) is 5.56 Å². The summed E-state index contributed by atoms with van der Waals surface area (Å²) in [5.41, 5.74) is 8.95. The van der Waals surface area contributed by atoms with Crippen LogP contribution in [0.2, 0.25) is 0 Å². The van der Waals surface area contributed by atoms with Crippen LogP contribution in [0.4, 0.5) is 0 Å². The number of rotatable bonds is 2. The van der Waals surface area contributed by atoms with Crippen molar-refractivity contribution >= 4 is 0 Å². The van der Waals surface area contributed by atoms with E-state index >= 15 is 0 Å². The number of benzene rings is 1. The van der Waals surface area contributed by atoms with E-state index in [1.54, 1.807) is 0 Å². The van der Waals surface area contributed by atoms with E-state index in [0.29, 0.717) is 6.54 Å². The molecule has 0 aliphatic rings. The second-order valence-corrected chi connectivity index (χ2v) is 2.73. The van der Waals surface area contributed by atoms with E-state index in [0.717, 1.165) is 11.3 Å². The van der Waals surface area contributed by atoms with Crippen LogP contribution in [0, 0.1) is 0 Å². The molecule has 1 heterocycles. The quantitative estimate of drug-likeness (QED) is 0.613.